The van der Waals surface area contributed by atoms with E-state index in [4.69, 9.17) is 5.11 Å². The van der Waals surface area contributed by atoms with Gasteiger partial charge in [-0.1, -0.05) is 30.3 Å². The third-order valence-electron chi connectivity index (χ3n) is 3.23. The van der Waals surface area contributed by atoms with Gasteiger partial charge < -0.3 is 15.2 Å². The number of aliphatic hydroxyl groups is 1. The van der Waals surface area contributed by atoms with E-state index < -0.39 is 0 Å². The molecule has 4 nitrogen and oxygen atoms in total. The lowest BCUT2D eigenvalue weighted by Gasteiger charge is -2.24. The lowest BCUT2D eigenvalue weighted by molar-refractivity contribution is -0.129. The Balaban J connectivity index is 0.000000191. The molecule has 4 heteroatoms. The van der Waals surface area contributed by atoms with Crippen LogP contribution in [0.2, 0.25) is 0 Å². The van der Waals surface area contributed by atoms with Crippen LogP contribution in [0.3, 0.4) is 0 Å². The second-order valence-electron chi connectivity index (χ2n) is 4.72. The molecule has 2 rings (SSSR count). The Morgan fingerprint density at radius 2 is 2.00 bits per heavy atom. The summed E-state index contributed by atoms with van der Waals surface area (Å²) >= 11 is 0. The minimum Gasteiger partial charge on any atom is -0.463 e. The predicted molar refractivity (Wildman–Crippen MR) is 74.6 cm³/mol. The molecule has 0 bridgehead atoms. The van der Waals surface area contributed by atoms with E-state index in [1.54, 1.807) is 0 Å². The number of ether oxygens (including phenoxy) is 1. The maximum Gasteiger partial charge on any atom is 0.293 e. The molecule has 0 aromatic heterocycles. The first kappa shape index (κ1) is 15.7. The van der Waals surface area contributed by atoms with Crippen molar-refractivity contribution in [2.45, 2.75) is 32.5 Å². The van der Waals surface area contributed by atoms with Crippen molar-refractivity contribution in [2.75, 3.05) is 13.1 Å². The summed E-state index contributed by atoms with van der Waals surface area (Å²) in [6.07, 6.45) is 2.17. The van der Waals surface area contributed by atoms with Crippen LogP contribution >= 0.6 is 0 Å². The molecule has 1 aromatic rings. The second kappa shape index (κ2) is 9.53. The Hall–Kier alpha value is -1.39. The fourth-order valence-electron chi connectivity index (χ4n) is 2.03. The zero-order valence-electron chi connectivity index (χ0n) is 11.4. The maximum absolute atomic E-state index is 9.76. The first-order chi connectivity index (χ1) is 9.24. The van der Waals surface area contributed by atoms with Gasteiger partial charge in [0.2, 0.25) is 0 Å². The number of benzene rings is 1. The molecule has 0 aliphatic carbocycles. The second-order valence-corrected chi connectivity index (χ2v) is 4.72. The van der Waals surface area contributed by atoms with Gasteiger partial charge in [0.1, 0.15) is 6.61 Å². The average molecular weight is 265 g/mol. The van der Waals surface area contributed by atoms with Gasteiger partial charge in [0.15, 0.2) is 0 Å². The van der Waals surface area contributed by atoms with Crippen molar-refractivity contribution >= 4 is 6.47 Å². The lowest BCUT2D eigenvalue weighted by Crippen LogP contribution is -2.32. The molecule has 1 aromatic carbocycles. The van der Waals surface area contributed by atoms with Crippen molar-refractivity contribution in [1.82, 2.24) is 5.32 Å². The summed E-state index contributed by atoms with van der Waals surface area (Å²) in [7, 11) is 0. The van der Waals surface area contributed by atoms with Crippen molar-refractivity contribution in [3.05, 3.63) is 35.9 Å². The molecule has 2 N–H and O–H groups in total. The zero-order valence-corrected chi connectivity index (χ0v) is 11.4. The molecule has 1 fully saturated rings. The third-order valence-corrected chi connectivity index (χ3v) is 3.23. The summed E-state index contributed by atoms with van der Waals surface area (Å²) in [6, 6.07) is 9.55. The normalized spacial score (nSPS) is 16.9. The fraction of sp³-hybridized carbons (Fsp3) is 0.533. The van der Waals surface area contributed by atoms with Crippen LogP contribution in [0.15, 0.2) is 30.3 Å². The molecule has 0 spiro atoms. The molecular weight excluding hydrogens is 242 g/mol. The summed E-state index contributed by atoms with van der Waals surface area (Å²) < 4.78 is 4.54. The van der Waals surface area contributed by atoms with Crippen LogP contribution in [0.5, 0.6) is 0 Å². The van der Waals surface area contributed by atoms with Gasteiger partial charge in [-0.2, -0.15) is 0 Å². The van der Waals surface area contributed by atoms with Gasteiger partial charge in [0, 0.05) is 0 Å². The summed E-state index contributed by atoms with van der Waals surface area (Å²) in [5, 5.41) is 12.4. The number of rotatable bonds is 4. The number of hydrogen-bond donors (Lipinski definition) is 2. The summed E-state index contributed by atoms with van der Waals surface area (Å²) in [5.74, 6) is 0.547. The van der Waals surface area contributed by atoms with Crippen LogP contribution < -0.4 is 5.32 Å². The number of carbonyl (C=O) groups excluding carboxylic acids is 1. The van der Waals surface area contributed by atoms with Crippen LogP contribution in [0.25, 0.3) is 0 Å². The topological polar surface area (TPSA) is 58.6 Å². The molecule has 1 atom stereocenters. The van der Waals surface area contributed by atoms with Crippen molar-refractivity contribution in [3.63, 3.8) is 0 Å². The Kier molecular flexibility index (Phi) is 7.86. The molecule has 1 aliphatic heterocycles. The highest BCUT2D eigenvalue weighted by atomic mass is 16.5. The molecule has 0 radical (unpaired) electrons. The largest absolute Gasteiger partial charge is 0.463 e. The van der Waals surface area contributed by atoms with Crippen LogP contribution in [0, 0.1) is 5.92 Å². The van der Waals surface area contributed by atoms with E-state index in [2.05, 4.69) is 10.1 Å². The average Bonchev–Trinajstić information content (AvgIpc) is 2.48. The number of nitrogens with one attached hydrogen (secondary N) is 1. The standard InChI is InChI=1S/C8H8O2.C7H15NO/c9-7-10-6-8-4-2-1-3-5-8;1-6(9)7-2-4-8-5-3-7/h1-5,7H,6H2;6-9H,2-5H2,1H3. The van der Waals surface area contributed by atoms with Gasteiger partial charge in [-0.25, -0.2) is 0 Å². The van der Waals surface area contributed by atoms with Crippen molar-refractivity contribution in [2.24, 2.45) is 5.92 Å². The lowest BCUT2D eigenvalue weighted by atomic mass is 9.93. The minimum absolute atomic E-state index is 0.105. The molecular formula is C15H23NO3. The van der Waals surface area contributed by atoms with Crippen molar-refractivity contribution in [1.29, 1.82) is 0 Å². The molecule has 1 saturated heterocycles. The Morgan fingerprint density at radius 1 is 1.37 bits per heavy atom. The Morgan fingerprint density at radius 3 is 2.47 bits per heavy atom. The van der Waals surface area contributed by atoms with Crippen LogP contribution in [-0.2, 0) is 16.1 Å². The quantitative estimate of drug-likeness (QED) is 0.814. The van der Waals surface area contributed by atoms with Gasteiger partial charge in [-0.3, -0.25) is 4.79 Å². The maximum atomic E-state index is 9.76. The van der Waals surface area contributed by atoms with Crippen molar-refractivity contribution in [3.8, 4) is 0 Å². The van der Waals surface area contributed by atoms with Gasteiger partial charge in [-0.05, 0) is 44.3 Å². The van der Waals surface area contributed by atoms with E-state index in [1.165, 1.54) is 0 Å². The highest BCUT2D eigenvalue weighted by Crippen LogP contribution is 2.14. The molecule has 1 aliphatic rings. The smallest absolute Gasteiger partial charge is 0.293 e. The van der Waals surface area contributed by atoms with Crippen LogP contribution in [0.1, 0.15) is 25.3 Å². The zero-order chi connectivity index (χ0) is 13.9. The minimum atomic E-state index is -0.105. The first-order valence-electron chi connectivity index (χ1n) is 6.72. The predicted octanol–water partition coefficient (Wildman–Crippen LogP) is 1.73. The van der Waals surface area contributed by atoms with Gasteiger partial charge in [-0.15, -0.1) is 0 Å². The van der Waals surface area contributed by atoms with Crippen LogP contribution in [-0.4, -0.2) is 30.8 Å². The summed E-state index contributed by atoms with van der Waals surface area (Å²) in [4.78, 5) is 9.76. The summed E-state index contributed by atoms with van der Waals surface area (Å²) in [5.41, 5.74) is 1.01. The Labute approximate surface area is 114 Å². The third kappa shape index (κ3) is 6.94. The first-order valence-corrected chi connectivity index (χ1v) is 6.72. The number of hydrogen-bond acceptors (Lipinski definition) is 4. The van der Waals surface area contributed by atoms with E-state index in [-0.39, 0.29) is 6.10 Å². The number of carbonyl (C=O) groups is 1. The molecule has 0 amide bonds. The number of aliphatic hydroxyl groups excluding tert-OH is 1. The SMILES string of the molecule is CC(O)C1CCNCC1.O=COCc1ccccc1. The van der Waals surface area contributed by atoms with E-state index in [0.29, 0.717) is 19.0 Å². The molecule has 106 valence electrons. The van der Waals surface area contributed by atoms with E-state index >= 15 is 0 Å². The number of piperidine rings is 1. The molecule has 0 saturated carbocycles. The molecule has 1 unspecified atom stereocenters. The van der Waals surface area contributed by atoms with Gasteiger partial charge in [0.25, 0.3) is 6.47 Å². The molecule has 19 heavy (non-hydrogen) atoms. The van der Waals surface area contributed by atoms with E-state index in [9.17, 15) is 4.79 Å². The van der Waals surface area contributed by atoms with E-state index in [0.717, 1.165) is 31.5 Å². The van der Waals surface area contributed by atoms with E-state index in [1.807, 2.05) is 37.3 Å². The van der Waals surface area contributed by atoms with Gasteiger partial charge in [0.05, 0.1) is 6.10 Å². The monoisotopic (exact) mass is 265 g/mol. The summed E-state index contributed by atoms with van der Waals surface area (Å²) in [6.45, 7) is 4.86. The fourth-order valence-corrected chi connectivity index (χ4v) is 2.03. The highest BCUT2D eigenvalue weighted by molar-refractivity contribution is 5.37. The van der Waals surface area contributed by atoms with Crippen molar-refractivity contribution < 1.29 is 14.6 Å². The van der Waals surface area contributed by atoms with Crippen LogP contribution in [0.4, 0.5) is 0 Å². The Bertz CT molecular complexity index is 335. The molecule has 1 heterocycles. The highest BCUT2D eigenvalue weighted by Gasteiger charge is 2.16. The van der Waals surface area contributed by atoms with Gasteiger partial charge >= 0.3 is 0 Å².